The van der Waals surface area contributed by atoms with Crippen molar-refractivity contribution in [3.8, 4) is 17.2 Å². The molecule has 8 nitrogen and oxygen atoms in total. The van der Waals surface area contributed by atoms with E-state index in [1.165, 1.54) is 0 Å². The Morgan fingerprint density at radius 3 is 2.38 bits per heavy atom. The summed E-state index contributed by atoms with van der Waals surface area (Å²) < 4.78 is 16.1. The number of carbonyl (C=O) groups is 2. The maximum absolute atomic E-state index is 12.6. The largest absolute Gasteiger partial charge is 0.497 e. The van der Waals surface area contributed by atoms with Crippen LogP contribution in [0.25, 0.3) is 0 Å². The molecule has 29 heavy (non-hydrogen) atoms. The molecule has 0 aliphatic carbocycles. The maximum Gasteiger partial charge on any atom is 0.241 e. The van der Waals surface area contributed by atoms with Gasteiger partial charge in [0.25, 0.3) is 0 Å². The zero-order chi connectivity index (χ0) is 20.8. The summed E-state index contributed by atoms with van der Waals surface area (Å²) in [6, 6.07) is 11.8. The molecule has 2 aromatic rings. The number of rotatable bonds is 7. The first-order valence-electron chi connectivity index (χ1n) is 9.31. The van der Waals surface area contributed by atoms with Gasteiger partial charge in [0.15, 0.2) is 11.5 Å². The lowest BCUT2D eigenvalue weighted by molar-refractivity contribution is -0.122. The quantitative estimate of drug-likeness (QED) is 0.743. The monoisotopic (exact) mass is 399 g/mol. The Morgan fingerprint density at radius 1 is 1.03 bits per heavy atom. The minimum atomic E-state index is -0.509. The number of benzene rings is 2. The van der Waals surface area contributed by atoms with E-state index >= 15 is 0 Å². The van der Waals surface area contributed by atoms with Crippen LogP contribution in [0.4, 0.5) is 11.4 Å². The maximum atomic E-state index is 12.6. The molecule has 0 saturated heterocycles. The van der Waals surface area contributed by atoms with E-state index in [1.54, 1.807) is 68.4 Å². The van der Waals surface area contributed by atoms with Crippen LogP contribution in [0.5, 0.6) is 17.2 Å². The van der Waals surface area contributed by atoms with E-state index in [2.05, 4.69) is 10.6 Å². The van der Waals surface area contributed by atoms with Crippen molar-refractivity contribution in [1.82, 2.24) is 4.90 Å². The lowest BCUT2D eigenvalue weighted by Crippen LogP contribution is -2.43. The van der Waals surface area contributed by atoms with Gasteiger partial charge in [-0.1, -0.05) is 0 Å². The van der Waals surface area contributed by atoms with E-state index < -0.39 is 6.04 Å². The highest BCUT2D eigenvalue weighted by Gasteiger charge is 2.21. The van der Waals surface area contributed by atoms with Crippen molar-refractivity contribution in [3.05, 3.63) is 42.5 Å². The molecule has 0 saturated carbocycles. The topological polar surface area (TPSA) is 89.1 Å². The molecule has 1 atom stereocenters. The Labute approximate surface area is 169 Å². The Hall–Kier alpha value is -3.26. The van der Waals surface area contributed by atoms with Crippen LogP contribution in [0.2, 0.25) is 0 Å². The van der Waals surface area contributed by atoms with Gasteiger partial charge in [-0.3, -0.25) is 14.5 Å². The summed E-state index contributed by atoms with van der Waals surface area (Å²) in [4.78, 5) is 26.5. The van der Waals surface area contributed by atoms with Crippen molar-refractivity contribution in [2.24, 2.45) is 0 Å². The van der Waals surface area contributed by atoms with Gasteiger partial charge in [-0.15, -0.1) is 0 Å². The minimum absolute atomic E-state index is 0.0712. The standard InChI is InChI=1S/C21H25N3O5/c1-14(21(26)23-16-6-9-18-19(12-16)29-11-10-28-18)24(2)13-20(25)22-15-4-7-17(27-3)8-5-15/h4-9,12,14H,10-11,13H2,1-3H3,(H,22,25)(H,23,26). The Kier molecular flexibility index (Phi) is 6.56. The van der Waals surface area contributed by atoms with Crippen molar-refractivity contribution >= 4 is 23.2 Å². The Balaban J connectivity index is 1.52. The molecule has 154 valence electrons. The fraction of sp³-hybridized carbons (Fsp3) is 0.333. The average Bonchev–Trinajstić information content (AvgIpc) is 2.73. The van der Waals surface area contributed by atoms with Gasteiger partial charge in [-0.25, -0.2) is 0 Å². The Morgan fingerprint density at radius 2 is 1.69 bits per heavy atom. The number of carbonyl (C=O) groups excluding carboxylic acids is 2. The van der Waals surface area contributed by atoms with Crippen molar-refractivity contribution < 1.29 is 23.8 Å². The van der Waals surface area contributed by atoms with Gasteiger partial charge in [0, 0.05) is 17.4 Å². The van der Waals surface area contributed by atoms with E-state index in [-0.39, 0.29) is 18.4 Å². The fourth-order valence-electron chi connectivity index (χ4n) is 2.81. The number of hydrogen-bond donors (Lipinski definition) is 2. The second-order valence-corrected chi connectivity index (χ2v) is 6.72. The third-order valence-corrected chi connectivity index (χ3v) is 4.62. The van der Waals surface area contributed by atoms with Gasteiger partial charge >= 0.3 is 0 Å². The summed E-state index contributed by atoms with van der Waals surface area (Å²) in [7, 11) is 3.31. The van der Waals surface area contributed by atoms with Crippen LogP contribution in [-0.2, 0) is 9.59 Å². The Bertz CT molecular complexity index is 869. The molecule has 1 unspecified atom stereocenters. The van der Waals surface area contributed by atoms with Gasteiger partial charge in [0.1, 0.15) is 19.0 Å². The molecule has 1 heterocycles. The average molecular weight is 399 g/mol. The van der Waals surface area contributed by atoms with Gasteiger partial charge in [-0.2, -0.15) is 0 Å². The molecule has 1 aliphatic heterocycles. The molecule has 2 N–H and O–H groups in total. The van der Waals surface area contributed by atoms with E-state index in [1.807, 2.05) is 0 Å². The third-order valence-electron chi connectivity index (χ3n) is 4.62. The summed E-state index contributed by atoms with van der Waals surface area (Å²) in [5.74, 6) is 1.55. The molecule has 0 radical (unpaired) electrons. The van der Waals surface area contributed by atoms with E-state index in [0.29, 0.717) is 41.8 Å². The molecular weight excluding hydrogens is 374 g/mol. The number of likely N-dealkylation sites (N-methyl/N-ethyl adjacent to an activating group) is 1. The molecule has 0 fully saturated rings. The number of anilines is 2. The van der Waals surface area contributed by atoms with E-state index in [0.717, 1.165) is 0 Å². The molecule has 1 aliphatic rings. The van der Waals surface area contributed by atoms with E-state index in [4.69, 9.17) is 14.2 Å². The second-order valence-electron chi connectivity index (χ2n) is 6.72. The summed E-state index contributed by atoms with van der Waals surface area (Å²) in [6.07, 6.45) is 0. The molecule has 0 bridgehead atoms. The SMILES string of the molecule is COc1ccc(NC(=O)CN(C)C(C)C(=O)Nc2ccc3c(c2)OCCO3)cc1. The number of hydrogen-bond acceptors (Lipinski definition) is 6. The van der Waals surface area contributed by atoms with Crippen LogP contribution >= 0.6 is 0 Å². The van der Waals surface area contributed by atoms with Gasteiger partial charge in [-0.05, 0) is 50.4 Å². The third kappa shape index (κ3) is 5.39. The van der Waals surface area contributed by atoms with Crippen molar-refractivity contribution in [1.29, 1.82) is 0 Å². The zero-order valence-electron chi connectivity index (χ0n) is 16.7. The van der Waals surface area contributed by atoms with Crippen molar-refractivity contribution in [3.63, 3.8) is 0 Å². The molecule has 2 amide bonds. The highest BCUT2D eigenvalue weighted by atomic mass is 16.6. The first kappa shape index (κ1) is 20.5. The van der Waals surface area contributed by atoms with Crippen LogP contribution < -0.4 is 24.8 Å². The first-order chi connectivity index (χ1) is 14.0. The fourth-order valence-corrected chi connectivity index (χ4v) is 2.81. The molecule has 0 aromatic heterocycles. The highest BCUT2D eigenvalue weighted by molar-refractivity contribution is 5.96. The molecular formula is C21H25N3O5. The molecule has 0 spiro atoms. The minimum Gasteiger partial charge on any atom is -0.497 e. The van der Waals surface area contributed by atoms with Crippen LogP contribution in [0.15, 0.2) is 42.5 Å². The van der Waals surface area contributed by atoms with Crippen LogP contribution in [0.1, 0.15) is 6.92 Å². The summed E-state index contributed by atoms with van der Waals surface area (Å²) >= 11 is 0. The number of nitrogens with zero attached hydrogens (tertiary/aromatic N) is 1. The smallest absolute Gasteiger partial charge is 0.241 e. The van der Waals surface area contributed by atoms with Crippen LogP contribution in [-0.4, -0.2) is 56.7 Å². The van der Waals surface area contributed by atoms with Crippen molar-refractivity contribution in [2.75, 3.05) is 44.5 Å². The highest BCUT2D eigenvalue weighted by Crippen LogP contribution is 2.32. The number of methoxy groups -OCH3 is 1. The number of ether oxygens (including phenoxy) is 3. The van der Waals surface area contributed by atoms with Crippen LogP contribution in [0, 0.1) is 0 Å². The van der Waals surface area contributed by atoms with Gasteiger partial charge < -0.3 is 24.8 Å². The summed E-state index contributed by atoms with van der Waals surface area (Å²) in [5.41, 5.74) is 1.28. The number of nitrogens with one attached hydrogen (secondary N) is 2. The second kappa shape index (κ2) is 9.29. The van der Waals surface area contributed by atoms with Crippen LogP contribution in [0.3, 0.4) is 0 Å². The molecule has 2 aromatic carbocycles. The molecule has 3 rings (SSSR count). The first-order valence-corrected chi connectivity index (χ1v) is 9.31. The van der Waals surface area contributed by atoms with Crippen molar-refractivity contribution in [2.45, 2.75) is 13.0 Å². The van der Waals surface area contributed by atoms with Gasteiger partial charge in [0.05, 0.1) is 19.7 Å². The number of amides is 2. The number of fused-ring (bicyclic) bond motifs is 1. The lowest BCUT2D eigenvalue weighted by atomic mass is 10.2. The molecule has 8 heteroatoms. The lowest BCUT2D eigenvalue weighted by Gasteiger charge is -2.24. The zero-order valence-corrected chi connectivity index (χ0v) is 16.7. The summed E-state index contributed by atoms with van der Waals surface area (Å²) in [5, 5.41) is 5.65. The predicted octanol–water partition coefficient (Wildman–Crippen LogP) is 2.36. The predicted molar refractivity (Wildman–Crippen MR) is 110 cm³/mol. The van der Waals surface area contributed by atoms with E-state index in [9.17, 15) is 9.59 Å². The summed E-state index contributed by atoms with van der Waals surface area (Å²) in [6.45, 7) is 2.81. The van der Waals surface area contributed by atoms with Gasteiger partial charge in [0.2, 0.25) is 11.8 Å². The normalized spacial score (nSPS) is 13.5.